The molecule has 0 spiro atoms. The molecular weight excluding hydrogens is 156 g/mol. The van der Waals surface area contributed by atoms with Gasteiger partial charge in [-0.2, -0.15) is 0 Å². The normalized spacial score (nSPS) is 9.40. The van der Waals surface area contributed by atoms with Crippen molar-refractivity contribution >= 4 is 17.6 Å². The maximum Gasteiger partial charge on any atom is 0.308 e. The summed E-state index contributed by atoms with van der Waals surface area (Å²) >= 11 is 5.31. The first-order valence-corrected chi connectivity index (χ1v) is 3.64. The summed E-state index contributed by atoms with van der Waals surface area (Å²) in [5.74, 6) is 0.0464. The first-order valence-electron chi connectivity index (χ1n) is 3.11. The Hall–Kier alpha value is -0.280. The maximum absolute atomic E-state index is 10.5. The maximum atomic E-state index is 10.5. The molecule has 10 heavy (non-hydrogen) atoms. The summed E-state index contributed by atoms with van der Waals surface area (Å²) in [5.41, 5.74) is 0. The number of halogens is 1. The van der Waals surface area contributed by atoms with Gasteiger partial charge in [0.1, 0.15) is 0 Å². The summed E-state index contributed by atoms with van der Waals surface area (Å²) in [7, 11) is 0. The Bertz CT molecular complexity index is 95.0. The van der Waals surface area contributed by atoms with Crippen LogP contribution in [-0.2, 0) is 14.6 Å². The Morgan fingerprint density at radius 1 is 1.50 bits per heavy atom. The van der Waals surface area contributed by atoms with Gasteiger partial charge in [0.05, 0.1) is 19.6 Å². The highest BCUT2D eigenvalue weighted by Crippen LogP contribution is 1.89. The van der Waals surface area contributed by atoms with E-state index in [4.69, 9.17) is 11.6 Å². The van der Waals surface area contributed by atoms with Crippen molar-refractivity contribution in [3.05, 3.63) is 0 Å². The Labute approximate surface area is 64.9 Å². The lowest BCUT2D eigenvalue weighted by Crippen LogP contribution is -2.07. The van der Waals surface area contributed by atoms with E-state index in [0.717, 1.165) is 0 Å². The minimum atomic E-state index is -0.430. The second kappa shape index (κ2) is 6.83. The molecule has 0 rings (SSSR count). The fraction of sp³-hybridized carbons (Fsp3) is 0.833. The second-order valence-corrected chi connectivity index (χ2v) is 2.10. The molecule has 0 aliphatic carbocycles. The molecule has 1 radical (unpaired) electrons. The SMILES string of the molecule is [O]CCC(=O)OCCCCl. The van der Waals surface area contributed by atoms with Gasteiger partial charge in [0.15, 0.2) is 0 Å². The van der Waals surface area contributed by atoms with Crippen LogP contribution in [-0.4, -0.2) is 25.1 Å². The number of alkyl halides is 1. The average molecular weight is 166 g/mol. The lowest BCUT2D eigenvalue weighted by atomic mass is 10.4. The van der Waals surface area contributed by atoms with E-state index in [0.29, 0.717) is 18.9 Å². The summed E-state index contributed by atoms with van der Waals surface area (Å²) in [5, 5.41) is 9.85. The van der Waals surface area contributed by atoms with Crippen LogP contribution in [0.5, 0.6) is 0 Å². The van der Waals surface area contributed by atoms with Gasteiger partial charge in [-0.05, 0) is 6.42 Å². The van der Waals surface area contributed by atoms with Gasteiger partial charge in [-0.25, -0.2) is 5.11 Å². The number of ether oxygens (including phenoxy) is 1. The minimum Gasteiger partial charge on any atom is -0.466 e. The first kappa shape index (κ1) is 9.72. The van der Waals surface area contributed by atoms with Crippen molar-refractivity contribution in [3.8, 4) is 0 Å². The highest BCUT2D eigenvalue weighted by Gasteiger charge is 1.99. The second-order valence-electron chi connectivity index (χ2n) is 1.72. The van der Waals surface area contributed by atoms with Gasteiger partial charge in [0, 0.05) is 5.88 Å². The van der Waals surface area contributed by atoms with Crippen molar-refractivity contribution in [1.29, 1.82) is 0 Å². The number of carbonyl (C=O) groups excluding carboxylic acids is 1. The van der Waals surface area contributed by atoms with Crippen LogP contribution in [0.15, 0.2) is 0 Å². The molecule has 0 unspecified atom stereocenters. The van der Waals surface area contributed by atoms with E-state index in [-0.39, 0.29) is 6.42 Å². The van der Waals surface area contributed by atoms with Crippen molar-refractivity contribution in [2.45, 2.75) is 12.8 Å². The zero-order chi connectivity index (χ0) is 7.82. The fourth-order valence-corrected chi connectivity index (χ4v) is 0.505. The van der Waals surface area contributed by atoms with E-state index in [9.17, 15) is 9.90 Å². The zero-order valence-corrected chi connectivity index (χ0v) is 6.39. The number of esters is 1. The van der Waals surface area contributed by atoms with Gasteiger partial charge in [-0.3, -0.25) is 4.79 Å². The van der Waals surface area contributed by atoms with Crippen LogP contribution < -0.4 is 0 Å². The zero-order valence-electron chi connectivity index (χ0n) is 5.64. The van der Waals surface area contributed by atoms with Crippen LogP contribution in [0.2, 0.25) is 0 Å². The summed E-state index contributed by atoms with van der Waals surface area (Å²) in [6.07, 6.45) is 0.606. The van der Waals surface area contributed by atoms with E-state index in [1.54, 1.807) is 0 Å². The van der Waals surface area contributed by atoms with Gasteiger partial charge in [0.2, 0.25) is 0 Å². The molecule has 0 fully saturated rings. The highest BCUT2D eigenvalue weighted by atomic mass is 35.5. The molecule has 0 aromatic rings. The summed E-state index contributed by atoms with van der Waals surface area (Å²) in [4.78, 5) is 10.5. The standard InChI is InChI=1S/C6H10ClO3/c7-3-1-5-10-6(9)2-4-8/h1-5H2. The minimum absolute atomic E-state index is 0.0394. The lowest BCUT2D eigenvalue weighted by molar-refractivity contribution is -0.144. The monoisotopic (exact) mass is 165 g/mol. The molecule has 0 saturated carbocycles. The molecule has 0 aromatic carbocycles. The Morgan fingerprint density at radius 3 is 2.70 bits per heavy atom. The molecular formula is C6H10ClO3. The van der Waals surface area contributed by atoms with E-state index in [1.807, 2.05) is 0 Å². The third kappa shape index (κ3) is 5.85. The Balaban J connectivity index is 3.05. The van der Waals surface area contributed by atoms with Crippen molar-refractivity contribution in [1.82, 2.24) is 0 Å². The predicted octanol–water partition coefficient (Wildman–Crippen LogP) is 0.979. The molecule has 4 heteroatoms. The van der Waals surface area contributed by atoms with Gasteiger partial charge in [-0.15, -0.1) is 11.6 Å². The lowest BCUT2D eigenvalue weighted by Gasteiger charge is -1.99. The molecule has 0 aliphatic heterocycles. The number of carbonyl (C=O) groups is 1. The topological polar surface area (TPSA) is 46.2 Å². The van der Waals surface area contributed by atoms with Crippen LogP contribution >= 0.6 is 11.6 Å². The Morgan fingerprint density at radius 2 is 2.20 bits per heavy atom. The third-order valence-electron chi connectivity index (χ3n) is 0.847. The molecule has 0 N–H and O–H groups in total. The Kier molecular flexibility index (Phi) is 6.64. The molecule has 0 aliphatic rings. The van der Waals surface area contributed by atoms with Gasteiger partial charge in [0.25, 0.3) is 0 Å². The third-order valence-corrected chi connectivity index (χ3v) is 1.11. The van der Waals surface area contributed by atoms with Crippen LogP contribution in [0, 0.1) is 0 Å². The molecule has 59 valence electrons. The van der Waals surface area contributed by atoms with E-state index in [2.05, 4.69) is 4.74 Å². The molecule has 0 saturated heterocycles. The van der Waals surface area contributed by atoms with Gasteiger partial charge in [-0.1, -0.05) is 0 Å². The van der Waals surface area contributed by atoms with Crippen LogP contribution in [0.25, 0.3) is 0 Å². The smallest absolute Gasteiger partial charge is 0.308 e. The van der Waals surface area contributed by atoms with Crippen molar-refractivity contribution in [3.63, 3.8) is 0 Å². The van der Waals surface area contributed by atoms with Crippen molar-refractivity contribution in [2.24, 2.45) is 0 Å². The molecule has 0 heterocycles. The van der Waals surface area contributed by atoms with E-state index in [1.165, 1.54) is 0 Å². The van der Waals surface area contributed by atoms with Gasteiger partial charge >= 0.3 is 5.97 Å². The van der Waals surface area contributed by atoms with Crippen LogP contribution in [0.4, 0.5) is 0 Å². The summed E-state index contributed by atoms with van der Waals surface area (Å²) in [6, 6.07) is 0. The quantitative estimate of drug-likeness (QED) is 0.346. The average Bonchev–Trinajstić information content (AvgIpc) is 1.89. The van der Waals surface area contributed by atoms with Crippen LogP contribution in [0.3, 0.4) is 0 Å². The molecule has 0 amide bonds. The van der Waals surface area contributed by atoms with Gasteiger partial charge < -0.3 is 4.74 Å². The van der Waals surface area contributed by atoms with Crippen LogP contribution in [0.1, 0.15) is 12.8 Å². The van der Waals surface area contributed by atoms with E-state index < -0.39 is 12.6 Å². The predicted molar refractivity (Wildman–Crippen MR) is 36.5 cm³/mol. The van der Waals surface area contributed by atoms with Crippen molar-refractivity contribution < 1.29 is 14.6 Å². The fourth-order valence-electron chi connectivity index (χ4n) is 0.396. The summed E-state index contributed by atoms with van der Waals surface area (Å²) < 4.78 is 4.60. The molecule has 0 bridgehead atoms. The molecule has 0 atom stereocenters. The first-order chi connectivity index (χ1) is 4.81. The molecule has 0 aromatic heterocycles. The number of rotatable bonds is 5. The number of hydrogen-bond acceptors (Lipinski definition) is 2. The summed E-state index contributed by atoms with van der Waals surface area (Å²) in [6.45, 7) is -0.0813. The van der Waals surface area contributed by atoms with E-state index >= 15 is 0 Å². The molecule has 3 nitrogen and oxygen atoms in total. The highest BCUT2D eigenvalue weighted by molar-refractivity contribution is 6.17. The largest absolute Gasteiger partial charge is 0.466 e. The van der Waals surface area contributed by atoms with Crippen molar-refractivity contribution in [2.75, 3.05) is 19.1 Å². The number of hydrogen-bond donors (Lipinski definition) is 0.